The van der Waals surface area contributed by atoms with Gasteiger partial charge in [-0.1, -0.05) is 24.3 Å². The van der Waals surface area contributed by atoms with Crippen molar-refractivity contribution in [3.05, 3.63) is 81.5 Å². The number of para-hydroxylation sites is 1. The van der Waals surface area contributed by atoms with Crippen molar-refractivity contribution < 1.29 is 13.6 Å². The van der Waals surface area contributed by atoms with Crippen LogP contribution in [-0.4, -0.2) is 17.4 Å². The molecule has 0 saturated carbocycles. The largest absolute Gasteiger partial charge is 0.450 e. The minimum atomic E-state index is -0.557. The molecule has 0 aliphatic carbocycles. The summed E-state index contributed by atoms with van der Waals surface area (Å²) in [6, 6.07) is 12.2. The highest BCUT2D eigenvalue weighted by atomic mass is 19.1. The van der Waals surface area contributed by atoms with Gasteiger partial charge < -0.3 is 9.32 Å². The number of hydrogen-bond donors (Lipinski definition) is 0. The molecule has 1 amide bonds. The first-order chi connectivity index (χ1) is 11.6. The Kier molecular flexibility index (Phi) is 3.23. The molecule has 2 heterocycles. The number of rotatable bonds is 2. The van der Waals surface area contributed by atoms with Gasteiger partial charge >= 0.3 is 0 Å². The maximum Gasteiger partial charge on any atom is 0.290 e. The summed E-state index contributed by atoms with van der Waals surface area (Å²) in [7, 11) is 0. The summed E-state index contributed by atoms with van der Waals surface area (Å²) in [5.74, 6) is -0.601. The highest BCUT2D eigenvalue weighted by Gasteiger charge is 2.41. The van der Waals surface area contributed by atoms with E-state index < -0.39 is 6.04 Å². The summed E-state index contributed by atoms with van der Waals surface area (Å²) in [4.78, 5) is 27.2. The summed E-state index contributed by atoms with van der Waals surface area (Å²) < 4.78 is 19.0. The van der Waals surface area contributed by atoms with Crippen LogP contribution >= 0.6 is 0 Å². The van der Waals surface area contributed by atoms with Crippen LogP contribution in [0.5, 0.6) is 0 Å². The van der Waals surface area contributed by atoms with Crippen molar-refractivity contribution in [3.63, 3.8) is 0 Å². The van der Waals surface area contributed by atoms with E-state index in [2.05, 4.69) is 0 Å². The molecule has 1 aliphatic heterocycles. The van der Waals surface area contributed by atoms with E-state index in [0.29, 0.717) is 28.6 Å². The van der Waals surface area contributed by atoms with Gasteiger partial charge in [-0.25, -0.2) is 4.39 Å². The Morgan fingerprint density at radius 2 is 1.79 bits per heavy atom. The number of halogens is 1. The molecule has 3 aromatic rings. The van der Waals surface area contributed by atoms with Gasteiger partial charge in [-0.05, 0) is 36.8 Å². The summed E-state index contributed by atoms with van der Waals surface area (Å²) in [6.07, 6.45) is 0. The Bertz CT molecular complexity index is 1010. The van der Waals surface area contributed by atoms with Gasteiger partial charge in [-0.3, -0.25) is 9.59 Å². The summed E-state index contributed by atoms with van der Waals surface area (Å²) in [6.45, 7) is 2.26. The first-order valence-electron chi connectivity index (χ1n) is 7.74. The topological polar surface area (TPSA) is 50.5 Å². The Balaban J connectivity index is 2.03. The molecule has 0 spiro atoms. The van der Waals surface area contributed by atoms with Gasteiger partial charge in [0, 0.05) is 6.54 Å². The second-order valence-corrected chi connectivity index (χ2v) is 5.72. The molecule has 1 aromatic heterocycles. The fourth-order valence-electron chi connectivity index (χ4n) is 3.28. The predicted molar refractivity (Wildman–Crippen MR) is 87.4 cm³/mol. The van der Waals surface area contributed by atoms with E-state index in [9.17, 15) is 14.0 Å². The molecule has 0 radical (unpaired) electrons. The molecule has 1 unspecified atom stereocenters. The highest BCUT2D eigenvalue weighted by Crippen LogP contribution is 2.37. The second-order valence-electron chi connectivity index (χ2n) is 5.72. The van der Waals surface area contributed by atoms with Crippen molar-refractivity contribution in [2.45, 2.75) is 13.0 Å². The lowest BCUT2D eigenvalue weighted by Gasteiger charge is -2.23. The first kappa shape index (κ1) is 14.6. The SMILES string of the molecule is CCN1C(=O)c2oc3ccccc3c(=O)c2C1c1ccc(F)cc1. The van der Waals surface area contributed by atoms with Crippen LogP contribution in [-0.2, 0) is 0 Å². The van der Waals surface area contributed by atoms with Crippen molar-refractivity contribution in [2.24, 2.45) is 0 Å². The van der Waals surface area contributed by atoms with Crippen molar-refractivity contribution in [1.82, 2.24) is 4.90 Å². The van der Waals surface area contributed by atoms with E-state index in [-0.39, 0.29) is 22.9 Å². The third kappa shape index (κ3) is 1.98. The standard InChI is InChI=1S/C19H14FNO3/c1-2-21-16(11-7-9-12(20)10-8-11)15-17(22)13-5-3-4-6-14(13)24-18(15)19(21)23/h3-10,16H,2H2,1H3. The van der Waals surface area contributed by atoms with Gasteiger partial charge in [-0.2, -0.15) is 0 Å². The van der Waals surface area contributed by atoms with Gasteiger partial charge in [0.15, 0.2) is 5.43 Å². The zero-order valence-corrected chi connectivity index (χ0v) is 13.0. The van der Waals surface area contributed by atoms with Crippen molar-refractivity contribution in [3.8, 4) is 0 Å². The van der Waals surface area contributed by atoms with Crippen LogP contribution in [0.2, 0.25) is 0 Å². The monoisotopic (exact) mass is 323 g/mol. The van der Waals surface area contributed by atoms with E-state index in [1.54, 1.807) is 41.3 Å². The van der Waals surface area contributed by atoms with Gasteiger partial charge in [-0.15, -0.1) is 0 Å². The number of fused-ring (bicyclic) bond motifs is 2. The van der Waals surface area contributed by atoms with E-state index in [0.717, 1.165) is 0 Å². The molecular weight excluding hydrogens is 309 g/mol. The molecular formula is C19H14FNO3. The number of benzene rings is 2. The lowest BCUT2D eigenvalue weighted by molar-refractivity contribution is 0.0738. The number of carbonyl (C=O) groups is 1. The predicted octanol–water partition coefficient (Wildman–Crippen LogP) is 3.50. The minimum Gasteiger partial charge on any atom is -0.450 e. The molecule has 5 heteroatoms. The second kappa shape index (κ2) is 5.30. The van der Waals surface area contributed by atoms with Gasteiger partial charge in [0.2, 0.25) is 5.76 Å². The smallest absolute Gasteiger partial charge is 0.290 e. The van der Waals surface area contributed by atoms with Crippen molar-refractivity contribution in [2.75, 3.05) is 6.54 Å². The fraction of sp³-hybridized carbons (Fsp3) is 0.158. The normalized spacial score (nSPS) is 16.7. The summed E-state index contributed by atoms with van der Waals surface area (Å²) in [5.41, 5.74) is 1.19. The van der Waals surface area contributed by atoms with E-state index in [1.165, 1.54) is 12.1 Å². The van der Waals surface area contributed by atoms with Crippen LogP contribution in [0.15, 0.2) is 57.7 Å². The third-order valence-electron chi connectivity index (χ3n) is 4.40. The van der Waals surface area contributed by atoms with Gasteiger partial charge in [0.25, 0.3) is 5.91 Å². The van der Waals surface area contributed by atoms with Crippen molar-refractivity contribution >= 4 is 16.9 Å². The van der Waals surface area contributed by atoms with Crippen molar-refractivity contribution in [1.29, 1.82) is 0 Å². The lowest BCUT2D eigenvalue weighted by atomic mass is 9.98. The zero-order chi connectivity index (χ0) is 16.8. The summed E-state index contributed by atoms with van der Waals surface area (Å²) >= 11 is 0. The molecule has 24 heavy (non-hydrogen) atoms. The van der Waals surface area contributed by atoms with Crippen LogP contribution in [0.4, 0.5) is 4.39 Å². The van der Waals surface area contributed by atoms with Crippen LogP contribution in [0, 0.1) is 5.82 Å². The van der Waals surface area contributed by atoms with Gasteiger partial charge in [0.1, 0.15) is 11.4 Å². The molecule has 0 fully saturated rings. The number of hydrogen-bond acceptors (Lipinski definition) is 3. The average Bonchev–Trinajstić information content (AvgIpc) is 2.88. The number of carbonyl (C=O) groups excluding carboxylic acids is 1. The molecule has 1 aliphatic rings. The number of nitrogens with zero attached hydrogens (tertiary/aromatic N) is 1. The van der Waals surface area contributed by atoms with Crippen LogP contribution in [0.1, 0.15) is 34.6 Å². The summed E-state index contributed by atoms with van der Waals surface area (Å²) in [5, 5.41) is 0.439. The molecule has 2 aromatic carbocycles. The lowest BCUT2D eigenvalue weighted by Crippen LogP contribution is -2.29. The van der Waals surface area contributed by atoms with Crippen LogP contribution in [0.3, 0.4) is 0 Å². The molecule has 0 bridgehead atoms. The van der Waals surface area contributed by atoms with E-state index >= 15 is 0 Å². The fourth-order valence-corrected chi connectivity index (χ4v) is 3.28. The zero-order valence-electron chi connectivity index (χ0n) is 13.0. The quantitative estimate of drug-likeness (QED) is 0.725. The van der Waals surface area contributed by atoms with Crippen LogP contribution in [0.25, 0.3) is 11.0 Å². The van der Waals surface area contributed by atoms with Crippen LogP contribution < -0.4 is 5.43 Å². The Morgan fingerprint density at radius 3 is 2.50 bits per heavy atom. The Hall–Kier alpha value is -2.95. The Morgan fingerprint density at radius 1 is 1.08 bits per heavy atom. The maximum absolute atomic E-state index is 13.3. The molecule has 0 saturated heterocycles. The molecule has 120 valence electrons. The highest BCUT2D eigenvalue weighted by molar-refractivity contribution is 5.99. The minimum absolute atomic E-state index is 0.0786. The molecule has 4 nitrogen and oxygen atoms in total. The Labute approximate surface area is 137 Å². The van der Waals surface area contributed by atoms with Gasteiger partial charge in [0.05, 0.1) is 17.0 Å². The average molecular weight is 323 g/mol. The van der Waals surface area contributed by atoms with E-state index in [1.807, 2.05) is 6.92 Å². The molecule has 0 N–H and O–H groups in total. The molecule has 1 atom stereocenters. The van der Waals surface area contributed by atoms with E-state index in [4.69, 9.17) is 4.42 Å². The third-order valence-corrected chi connectivity index (χ3v) is 4.40. The maximum atomic E-state index is 13.3. The first-order valence-corrected chi connectivity index (χ1v) is 7.74. The molecule has 4 rings (SSSR count). The number of amides is 1.